The molecule has 1 aliphatic rings. The molecule has 0 fully saturated rings. The van der Waals surface area contributed by atoms with Gasteiger partial charge in [0.2, 0.25) is 0 Å². The molecule has 0 bridgehead atoms. The first-order chi connectivity index (χ1) is 5.83. The molecule has 0 spiro atoms. The van der Waals surface area contributed by atoms with Crippen LogP contribution in [0.15, 0.2) is 18.2 Å². The molecule has 0 aromatic heterocycles. The third-order valence-corrected chi connectivity index (χ3v) is 2.50. The summed E-state index contributed by atoms with van der Waals surface area (Å²) in [5.74, 6) is 0. The Balaban J connectivity index is 2.46. The third kappa shape index (κ3) is 1.12. The maximum Gasteiger partial charge on any atom is 0.0955 e. The highest BCUT2D eigenvalue weighted by Gasteiger charge is 2.23. The molecule has 0 aliphatic carbocycles. The number of hydrogen-bond acceptors (Lipinski definition) is 2. The Labute approximate surface area is 76.3 Å². The van der Waals surface area contributed by atoms with E-state index in [1.165, 1.54) is 0 Å². The van der Waals surface area contributed by atoms with Gasteiger partial charge in [0.1, 0.15) is 0 Å². The van der Waals surface area contributed by atoms with Crippen LogP contribution in [0.2, 0.25) is 5.02 Å². The minimum absolute atomic E-state index is 0.0405. The van der Waals surface area contributed by atoms with Crippen LogP contribution in [0.1, 0.15) is 17.2 Å². The minimum Gasteiger partial charge on any atom is -0.367 e. The summed E-state index contributed by atoms with van der Waals surface area (Å²) in [6, 6.07) is 5.83. The van der Waals surface area contributed by atoms with E-state index in [4.69, 9.17) is 22.1 Å². The van der Waals surface area contributed by atoms with Crippen molar-refractivity contribution in [3.8, 4) is 0 Å². The number of nitrogens with two attached hydrogens (primary N) is 1. The van der Waals surface area contributed by atoms with E-state index in [1.54, 1.807) is 0 Å². The molecular weight excluding hydrogens is 174 g/mol. The van der Waals surface area contributed by atoms with Gasteiger partial charge in [0, 0.05) is 17.1 Å². The fraction of sp³-hybridized carbons (Fsp3) is 0.333. The van der Waals surface area contributed by atoms with E-state index in [9.17, 15) is 0 Å². The van der Waals surface area contributed by atoms with Crippen LogP contribution in [0.5, 0.6) is 0 Å². The van der Waals surface area contributed by atoms with E-state index >= 15 is 0 Å². The lowest BCUT2D eigenvalue weighted by atomic mass is 10.1. The van der Waals surface area contributed by atoms with Crippen molar-refractivity contribution in [2.75, 3.05) is 6.54 Å². The second-order valence-corrected chi connectivity index (χ2v) is 3.25. The molecule has 0 amide bonds. The number of ether oxygens (including phenoxy) is 1. The minimum atomic E-state index is 0.0405. The molecule has 3 heteroatoms. The van der Waals surface area contributed by atoms with Gasteiger partial charge in [-0.2, -0.15) is 0 Å². The van der Waals surface area contributed by atoms with Gasteiger partial charge in [-0.25, -0.2) is 0 Å². The molecular formula is C9H10ClNO. The van der Waals surface area contributed by atoms with Gasteiger partial charge in [0.15, 0.2) is 0 Å². The lowest BCUT2D eigenvalue weighted by Gasteiger charge is -2.06. The molecule has 1 aromatic carbocycles. The van der Waals surface area contributed by atoms with Crippen molar-refractivity contribution >= 4 is 11.6 Å². The molecule has 1 aliphatic heterocycles. The summed E-state index contributed by atoms with van der Waals surface area (Å²) in [7, 11) is 0. The molecule has 2 rings (SSSR count). The Morgan fingerprint density at radius 2 is 2.42 bits per heavy atom. The lowest BCUT2D eigenvalue weighted by Crippen LogP contribution is -2.10. The van der Waals surface area contributed by atoms with Gasteiger partial charge in [-0.3, -0.25) is 0 Å². The summed E-state index contributed by atoms with van der Waals surface area (Å²) in [5, 5.41) is 0.781. The van der Waals surface area contributed by atoms with E-state index in [-0.39, 0.29) is 6.10 Å². The standard InChI is InChI=1S/C9H10ClNO/c10-8-3-1-2-6-7(8)5-12-9(6)4-11/h1-3,9H,4-5,11H2. The third-order valence-electron chi connectivity index (χ3n) is 2.14. The predicted octanol–water partition coefficient (Wildman–Crippen LogP) is 1.87. The topological polar surface area (TPSA) is 35.2 Å². The van der Waals surface area contributed by atoms with Crippen molar-refractivity contribution in [1.82, 2.24) is 0 Å². The van der Waals surface area contributed by atoms with Crippen LogP contribution in [0, 0.1) is 0 Å². The van der Waals surface area contributed by atoms with Gasteiger partial charge in [-0.15, -0.1) is 0 Å². The van der Waals surface area contributed by atoms with Crippen molar-refractivity contribution in [3.63, 3.8) is 0 Å². The van der Waals surface area contributed by atoms with Gasteiger partial charge in [-0.1, -0.05) is 23.7 Å². The zero-order valence-electron chi connectivity index (χ0n) is 6.59. The number of benzene rings is 1. The zero-order chi connectivity index (χ0) is 8.55. The van der Waals surface area contributed by atoms with Gasteiger partial charge in [0.25, 0.3) is 0 Å². The maximum atomic E-state index is 5.97. The van der Waals surface area contributed by atoms with Crippen molar-refractivity contribution in [2.24, 2.45) is 5.73 Å². The molecule has 12 heavy (non-hydrogen) atoms. The Morgan fingerprint density at radius 3 is 3.17 bits per heavy atom. The molecule has 2 nitrogen and oxygen atoms in total. The first kappa shape index (κ1) is 8.05. The van der Waals surface area contributed by atoms with Crippen molar-refractivity contribution < 1.29 is 4.74 Å². The average Bonchev–Trinajstić information content (AvgIpc) is 2.49. The molecule has 1 atom stereocenters. The van der Waals surface area contributed by atoms with Crippen molar-refractivity contribution in [3.05, 3.63) is 34.3 Å². The van der Waals surface area contributed by atoms with E-state index in [0.29, 0.717) is 13.2 Å². The zero-order valence-corrected chi connectivity index (χ0v) is 7.34. The highest BCUT2D eigenvalue weighted by atomic mass is 35.5. The maximum absolute atomic E-state index is 5.97. The van der Waals surface area contributed by atoms with Crippen LogP contribution in [0.25, 0.3) is 0 Å². The second-order valence-electron chi connectivity index (χ2n) is 2.84. The van der Waals surface area contributed by atoms with Crippen molar-refractivity contribution in [1.29, 1.82) is 0 Å². The van der Waals surface area contributed by atoms with Crippen LogP contribution in [-0.4, -0.2) is 6.54 Å². The van der Waals surface area contributed by atoms with Crippen LogP contribution >= 0.6 is 11.6 Å². The van der Waals surface area contributed by atoms with E-state index in [1.807, 2.05) is 18.2 Å². The Morgan fingerprint density at radius 1 is 1.58 bits per heavy atom. The summed E-state index contributed by atoms with van der Waals surface area (Å²) in [6.45, 7) is 1.12. The second kappa shape index (κ2) is 3.05. The largest absolute Gasteiger partial charge is 0.367 e. The molecule has 0 saturated heterocycles. The van der Waals surface area contributed by atoms with Gasteiger partial charge in [0.05, 0.1) is 12.7 Å². The van der Waals surface area contributed by atoms with E-state index in [2.05, 4.69) is 0 Å². The molecule has 64 valence electrons. The van der Waals surface area contributed by atoms with E-state index in [0.717, 1.165) is 16.1 Å². The monoisotopic (exact) mass is 183 g/mol. The fourth-order valence-electron chi connectivity index (χ4n) is 1.50. The quantitative estimate of drug-likeness (QED) is 0.722. The Bertz CT molecular complexity index is 301. The fourth-order valence-corrected chi connectivity index (χ4v) is 1.73. The summed E-state index contributed by atoms with van der Waals surface area (Å²) >= 11 is 5.97. The predicted molar refractivity (Wildman–Crippen MR) is 48.0 cm³/mol. The number of fused-ring (bicyclic) bond motifs is 1. The summed E-state index contributed by atoms with van der Waals surface area (Å²) in [6.07, 6.45) is 0.0405. The molecule has 0 radical (unpaired) electrons. The van der Waals surface area contributed by atoms with Crippen LogP contribution in [-0.2, 0) is 11.3 Å². The van der Waals surface area contributed by atoms with Gasteiger partial charge < -0.3 is 10.5 Å². The van der Waals surface area contributed by atoms with Crippen molar-refractivity contribution in [2.45, 2.75) is 12.7 Å². The van der Waals surface area contributed by atoms with E-state index < -0.39 is 0 Å². The van der Waals surface area contributed by atoms with Gasteiger partial charge in [-0.05, 0) is 11.6 Å². The highest BCUT2D eigenvalue weighted by molar-refractivity contribution is 6.31. The SMILES string of the molecule is NCC1OCc2c(Cl)cccc21. The summed E-state index contributed by atoms with van der Waals surface area (Å²) in [5.41, 5.74) is 7.77. The highest BCUT2D eigenvalue weighted by Crippen LogP contribution is 2.33. The summed E-state index contributed by atoms with van der Waals surface area (Å²) in [4.78, 5) is 0. The molecule has 0 saturated carbocycles. The smallest absolute Gasteiger partial charge is 0.0955 e. The molecule has 1 aromatic rings. The van der Waals surface area contributed by atoms with Gasteiger partial charge >= 0.3 is 0 Å². The number of halogens is 1. The summed E-state index contributed by atoms with van der Waals surface area (Å²) < 4.78 is 5.44. The number of hydrogen-bond donors (Lipinski definition) is 1. The first-order valence-electron chi connectivity index (χ1n) is 3.92. The normalized spacial score (nSPS) is 21.0. The first-order valence-corrected chi connectivity index (χ1v) is 4.29. The van der Waals surface area contributed by atoms with Crippen LogP contribution < -0.4 is 5.73 Å². The molecule has 1 heterocycles. The van der Waals surface area contributed by atoms with Crippen LogP contribution in [0.4, 0.5) is 0 Å². The average molecular weight is 184 g/mol. The molecule has 1 unspecified atom stereocenters. The lowest BCUT2D eigenvalue weighted by molar-refractivity contribution is 0.0724. The number of rotatable bonds is 1. The van der Waals surface area contributed by atoms with Crippen LogP contribution in [0.3, 0.4) is 0 Å². The Kier molecular flexibility index (Phi) is 2.05. The molecule has 2 N–H and O–H groups in total. The Hall–Kier alpha value is -0.570.